The molecule has 1 aromatic carbocycles. The number of rotatable bonds is 5. The van der Waals surface area contributed by atoms with Crippen molar-refractivity contribution in [3.05, 3.63) is 29.8 Å². The predicted molar refractivity (Wildman–Crippen MR) is 103 cm³/mol. The second-order valence-electron chi connectivity index (χ2n) is 7.45. The zero-order valence-corrected chi connectivity index (χ0v) is 16.6. The van der Waals surface area contributed by atoms with E-state index in [9.17, 15) is 24.3 Å². The van der Waals surface area contributed by atoms with E-state index in [0.29, 0.717) is 18.6 Å². The number of amides is 3. The van der Waals surface area contributed by atoms with Gasteiger partial charge in [-0.3, -0.25) is 30.0 Å². The number of aliphatic hydroxyl groups excluding tert-OH is 1. The first kappa shape index (κ1) is 21.6. The fourth-order valence-electron chi connectivity index (χ4n) is 3.76. The minimum Gasteiger partial charge on any atom is -0.497 e. The molecule has 1 saturated heterocycles. The molecular weight excluding hydrogens is 394 g/mol. The van der Waals surface area contributed by atoms with Crippen molar-refractivity contribution in [1.29, 1.82) is 0 Å². The summed E-state index contributed by atoms with van der Waals surface area (Å²) >= 11 is 0. The quantitative estimate of drug-likeness (QED) is 0.302. The molecule has 3 amide bonds. The van der Waals surface area contributed by atoms with E-state index in [0.717, 1.165) is 6.42 Å². The number of nitrogens with one attached hydrogen (secondary N) is 3. The maximum atomic E-state index is 13.0. The van der Waals surface area contributed by atoms with E-state index < -0.39 is 41.4 Å². The molecule has 2 aliphatic rings. The Balaban J connectivity index is 1.68. The number of carbonyl (C=O) groups excluding carboxylic acids is 4. The van der Waals surface area contributed by atoms with Crippen LogP contribution >= 0.6 is 0 Å². The standard InChI is InChI=1S/C20H25N3O7/c1-29-13-7-5-6-12(10-13)16(25)22-23-19(28)20(8-3-2-4-9-20)18(27)21-14-11-15(24)30-17(14)26/h5-7,10,14,17,26H,2-4,8-9,11H2,1H3,(H,21,27)(H,22,25)(H,23,28)/t14-,17?/m0/s1. The summed E-state index contributed by atoms with van der Waals surface area (Å²) in [6.07, 6.45) is 1.16. The number of hydrogen-bond acceptors (Lipinski definition) is 7. The van der Waals surface area contributed by atoms with E-state index in [1.807, 2.05) is 0 Å². The first-order valence-corrected chi connectivity index (χ1v) is 9.79. The van der Waals surface area contributed by atoms with Gasteiger partial charge in [0.1, 0.15) is 17.2 Å². The van der Waals surface area contributed by atoms with Crippen LogP contribution in [0.25, 0.3) is 0 Å². The maximum absolute atomic E-state index is 13.0. The Morgan fingerprint density at radius 3 is 2.50 bits per heavy atom. The normalized spacial score (nSPS) is 22.5. The van der Waals surface area contributed by atoms with Crippen LogP contribution in [0, 0.1) is 5.41 Å². The van der Waals surface area contributed by atoms with Crippen molar-refractivity contribution >= 4 is 23.7 Å². The van der Waals surface area contributed by atoms with Crippen LogP contribution in [0.15, 0.2) is 24.3 Å². The number of esters is 1. The van der Waals surface area contributed by atoms with Gasteiger partial charge in [-0.25, -0.2) is 0 Å². The third-order valence-corrected chi connectivity index (χ3v) is 5.50. The van der Waals surface area contributed by atoms with Crippen LogP contribution in [-0.2, 0) is 19.1 Å². The average Bonchev–Trinajstić information content (AvgIpc) is 3.08. The van der Waals surface area contributed by atoms with Gasteiger partial charge in [0.2, 0.25) is 12.2 Å². The largest absolute Gasteiger partial charge is 0.497 e. The summed E-state index contributed by atoms with van der Waals surface area (Å²) < 4.78 is 9.71. The van der Waals surface area contributed by atoms with E-state index in [4.69, 9.17) is 4.74 Å². The summed E-state index contributed by atoms with van der Waals surface area (Å²) in [7, 11) is 1.48. The monoisotopic (exact) mass is 419 g/mol. The van der Waals surface area contributed by atoms with Gasteiger partial charge in [0.25, 0.3) is 11.8 Å². The Hall–Kier alpha value is -3.14. The molecule has 30 heavy (non-hydrogen) atoms. The van der Waals surface area contributed by atoms with Crippen LogP contribution in [-0.4, -0.2) is 48.2 Å². The Kier molecular flexibility index (Phi) is 6.56. The highest BCUT2D eigenvalue weighted by molar-refractivity contribution is 6.06. The Labute approximate surface area is 173 Å². The molecule has 0 bridgehead atoms. The second-order valence-corrected chi connectivity index (χ2v) is 7.45. The molecule has 0 spiro atoms. The molecule has 2 fully saturated rings. The van der Waals surface area contributed by atoms with E-state index in [2.05, 4.69) is 20.9 Å². The number of hydrogen-bond donors (Lipinski definition) is 4. The molecule has 1 unspecified atom stereocenters. The average molecular weight is 419 g/mol. The summed E-state index contributed by atoms with van der Waals surface area (Å²) in [5.74, 6) is -1.93. The summed E-state index contributed by atoms with van der Waals surface area (Å²) in [5.41, 5.74) is 3.56. The van der Waals surface area contributed by atoms with Crippen molar-refractivity contribution < 1.29 is 33.8 Å². The number of hydrazine groups is 1. The van der Waals surface area contributed by atoms with E-state index in [-0.39, 0.29) is 24.8 Å². The van der Waals surface area contributed by atoms with Gasteiger partial charge < -0.3 is 19.9 Å². The van der Waals surface area contributed by atoms with Gasteiger partial charge in [-0.1, -0.05) is 25.3 Å². The van der Waals surface area contributed by atoms with Crippen LogP contribution in [0.1, 0.15) is 48.9 Å². The molecule has 1 saturated carbocycles. The topological polar surface area (TPSA) is 143 Å². The third-order valence-electron chi connectivity index (χ3n) is 5.50. The van der Waals surface area contributed by atoms with Gasteiger partial charge >= 0.3 is 5.97 Å². The van der Waals surface area contributed by atoms with Gasteiger partial charge in [0.05, 0.1) is 13.5 Å². The van der Waals surface area contributed by atoms with Crippen LogP contribution in [0.3, 0.4) is 0 Å². The fraction of sp³-hybridized carbons (Fsp3) is 0.500. The Bertz CT molecular complexity index is 835. The molecule has 4 N–H and O–H groups in total. The summed E-state index contributed by atoms with van der Waals surface area (Å²) in [4.78, 5) is 49.6. The SMILES string of the molecule is COc1cccc(C(=O)NNC(=O)C2(C(=O)N[C@H]3CC(=O)OC3O)CCCCC2)c1. The summed E-state index contributed by atoms with van der Waals surface area (Å²) in [5, 5.41) is 12.3. The van der Waals surface area contributed by atoms with Crippen molar-refractivity contribution in [1.82, 2.24) is 16.2 Å². The Morgan fingerprint density at radius 1 is 1.13 bits per heavy atom. The van der Waals surface area contributed by atoms with Crippen LogP contribution in [0.4, 0.5) is 0 Å². The van der Waals surface area contributed by atoms with E-state index >= 15 is 0 Å². The van der Waals surface area contributed by atoms with Crippen molar-refractivity contribution in [3.63, 3.8) is 0 Å². The first-order valence-electron chi connectivity index (χ1n) is 9.79. The minimum absolute atomic E-state index is 0.169. The molecule has 10 nitrogen and oxygen atoms in total. The number of aliphatic hydroxyl groups is 1. The highest BCUT2D eigenvalue weighted by Crippen LogP contribution is 2.37. The van der Waals surface area contributed by atoms with Crippen molar-refractivity contribution in [2.24, 2.45) is 5.41 Å². The highest BCUT2D eigenvalue weighted by atomic mass is 16.6. The highest BCUT2D eigenvalue weighted by Gasteiger charge is 2.48. The minimum atomic E-state index is -1.45. The molecule has 1 aliphatic carbocycles. The molecule has 2 atom stereocenters. The van der Waals surface area contributed by atoms with Gasteiger partial charge in [-0.05, 0) is 31.0 Å². The zero-order valence-electron chi connectivity index (χ0n) is 16.6. The second kappa shape index (κ2) is 9.12. The lowest BCUT2D eigenvalue weighted by Crippen LogP contribution is -2.58. The smallest absolute Gasteiger partial charge is 0.310 e. The predicted octanol–water partition coefficient (Wildman–Crippen LogP) is 0.157. The van der Waals surface area contributed by atoms with Gasteiger partial charge in [0.15, 0.2) is 0 Å². The van der Waals surface area contributed by atoms with Crippen molar-refractivity contribution in [3.8, 4) is 5.75 Å². The maximum Gasteiger partial charge on any atom is 0.310 e. The van der Waals surface area contributed by atoms with E-state index in [1.165, 1.54) is 13.2 Å². The molecule has 1 heterocycles. The van der Waals surface area contributed by atoms with Crippen LogP contribution in [0.5, 0.6) is 5.75 Å². The first-order chi connectivity index (χ1) is 14.4. The number of ether oxygens (including phenoxy) is 2. The lowest BCUT2D eigenvalue weighted by molar-refractivity contribution is -0.157. The third kappa shape index (κ3) is 4.54. The molecule has 0 aromatic heterocycles. The van der Waals surface area contributed by atoms with Gasteiger partial charge in [-0.15, -0.1) is 0 Å². The number of carbonyl (C=O) groups is 4. The molecular formula is C20H25N3O7. The molecule has 0 radical (unpaired) electrons. The summed E-state index contributed by atoms with van der Waals surface area (Å²) in [6, 6.07) is 5.49. The van der Waals surface area contributed by atoms with Crippen molar-refractivity contribution in [2.45, 2.75) is 50.9 Å². The van der Waals surface area contributed by atoms with Gasteiger partial charge in [-0.2, -0.15) is 0 Å². The molecule has 3 rings (SSSR count). The number of methoxy groups -OCH3 is 1. The number of cyclic esters (lactones) is 1. The summed E-state index contributed by atoms with van der Waals surface area (Å²) in [6.45, 7) is 0. The molecule has 1 aliphatic heterocycles. The number of benzene rings is 1. The Morgan fingerprint density at radius 2 is 1.87 bits per heavy atom. The van der Waals surface area contributed by atoms with E-state index in [1.54, 1.807) is 18.2 Å². The molecule has 10 heteroatoms. The molecule has 1 aromatic rings. The lowest BCUT2D eigenvalue weighted by atomic mass is 9.72. The van der Waals surface area contributed by atoms with Crippen LogP contribution < -0.4 is 20.9 Å². The zero-order chi connectivity index (χ0) is 21.7. The molecule has 162 valence electrons. The van der Waals surface area contributed by atoms with Gasteiger partial charge in [0, 0.05) is 5.56 Å². The fourth-order valence-corrected chi connectivity index (χ4v) is 3.76. The van der Waals surface area contributed by atoms with Crippen LogP contribution in [0.2, 0.25) is 0 Å². The lowest BCUT2D eigenvalue weighted by Gasteiger charge is -2.35. The van der Waals surface area contributed by atoms with Crippen molar-refractivity contribution in [2.75, 3.05) is 7.11 Å².